The quantitative estimate of drug-likeness (QED) is 0.654. The summed E-state index contributed by atoms with van der Waals surface area (Å²) < 4.78 is 7.31. The summed E-state index contributed by atoms with van der Waals surface area (Å²) in [6, 6.07) is 14.5. The minimum atomic E-state index is -0.381. The maximum absolute atomic E-state index is 12.4. The summed E-state index contributed by atoms with van der Waals surface area (Å²) in [5.41, 5.74) is 1.40. The van der Waals surface area contributed by atoms with E-state index in [2.05, 4.69) is 10.3 Å². The van der Waals surface area contributed by atoms with E-state index >= 15 is 0 Å². The van der Waals surface area contributed by atoms with E-state index in [4.69, 9.17) is 4.74 Å². The molecule has 1 fully saturated rings. The van der Waals surface area contributed by atoms with Crippen LogP contribution >= 0.6 is 11.8 Å². The second-order valence-electron chi connectivity index (χ2n) is 6.43. The Morgan fingerprint density at radius 1 is 1.10 bits per heavy atom. The number of nitrogens with one attached hydrogen (secondary N) is 1. The summed E-state index contributed by atoms with van der Waals surface area (Å²) in [7, 11) is 1.71. The van der Waals surface area contributed by atoms with Gasteiger partial charge in [-0.3, -0.25) is 24.3 Å². The van der Waals surface area contributed by atoms with Crippen molar-refractivity contribution in [2.45, 2.75) is 6.42 Å². The molecule has 1 saturated heterocycles. The third kappa shape index (κ3) is 4.07. The predicted octanol–water partition coefficient (Wildman–Crippen LogP) is 2.88. The molecule has 0 radical (unpaired) electrons. The van der Waals surface area contributed by atoms with E-state index in [1.54, 1.807) is 35.9 Å². The number of benzene rings is 2. The van der Waals surface area contributed by atoms with Gasteiger partial charge in [-0.1, -0.05) is 24.3 Å². The maximum Gasteiger partial charge on any atom is 0.290 e. The Balaban J connectivity index is 1.41. The molecule has 7 nitrogen and oxygen atoms in total. The fourth-order valence-corrected chi connectivity index (χ4v) is 3.66. The molecular weight excluding hydrogens is 390 g/mol. The Labute approximate surface area is 170 Å². The van der Waals surface area contributed by atoms with Gasteiger partial charge in [-0.2, -0.15) is 0 Å². The standard InChI is InChI=1S/C21H17N3O4S/c1-24-18(22-16-5-3-2-4-15(16)20(24)26)10-11-28-14-8-6-13(7-9-14)12-17-19(25)23-21(27)29-17/h2-9,12H,10-11H2,1H3,(H,23,25,27). The van der Waals surface area contributed by atoms with E-state index in [-0.39, 0.29) is 16.7 Å². The minimum Gasteiger partial charge on any atom is -0.493 e. The van der Waals surface area contributed by atoms with Crippen LogP contribution in [0.2, 0.25) is 0 Å². The van der Waals surface area contributed by atoms with E-state index in [0.29, 0.717) is 40.4 Å². The van der Waals surface area contributed by atoms with Crippen LogP contribution in [-0.2, 0) is 18.3 Å². The van der Waals surface area contributed by atoms with Crippen molar-refractivity contribution in [3.8, 4) is 5.75 Å². The number of nitrogens with zero attached hydrogens (tertiary/aromatic N) is 2. The number of para-hydroxylation sites is 1. The first-order valence-corrected chi connectivity index (χ1v) is 9.75. The first kappa shape index (κ1) is 18.9. The average molecular weight is 407 g/mol. The van der Waals surface area contributed by atoms with Crippen molar-refractivity contribution in [2.24, 2.45) is 7.05 Å². The topological polar surface area (TPSA) is 90.3 Å². The molecule has 1 N–H and O–H groups in total. The molecule has 4 rings (SSSR count). The van der Waals surface area contributed by atoms with E-state index in [9.17, 15) is 14.4 Å². The fraction of sp³-hybridized carbons (Fsp3) is 0.143. The first-order chi connectivity index (χ1) is 14.0. The molecule has 1 aliphatic heterocycles. The van der Waals surface area contributed by atoms with Crippen molar-refractivity contribution in [1.29, 1.82) is 0 Å². The highest BCUT2D eigenvalue weighted by molar-refractivity contribution is 8.18. The van der Waals surface area contributed by atoms with E-state index in [0.717, 1.165) is 17.3 Å². The van der Waals surface area contributed by atoms with Gasteiger partial charge in [-0.25, -0.2) is 4.98 Å². The number of carbonyl (C=O) groups excluding carboxylic acids is 2. The molecule has 2 heterocycles. The van der Waals surface area contributed by atoms with Gasteiger partial charge in [0.05, 0.1) is 22.4 Å². The van der Waals surface area contributed by atoms with Crippen molar-refractivity contribution >= 4 is 39.9 Å². The summed E-state index contributed by atoms with van der Waals surface area (Å²) in [4.78, 5) is 40.2. The van der Waals surface area contributed by atoms with Crippen molar-refractivity contribution in [3.63, 3.8) is 0 Å². The molecule has 2 aromatic carbocycles. The predicted molar refractivity (Wildman–Crippen MR) is 112 cm³/mol. The van der Waals surface area contributed by atoms with Crippen molar-refractivity contribution in [2.75, 3.05) is 6.61 Å². The molecule has 0 bridgehead atoms. The molecule has 0 aliphatic carbocycles. The molecule has 29 heavy (non-hydrogen) atoms. The van der Waals surface area contributed by atoms with Gasteiger partial charge in [-0.15, -0.1) is 0 Å². The number of thioether (sulfide) groups is 1. The second kappa shape index (κ2) is 7.92. The summed E-state index contributed by atoms with van der Waals surface area (Å²) in [6.07, 6.45) is 2.14. The fourth-order valence-electron chi connectivity index (χ4n) is 2.98. The van der Waals surface area contributed by atoms with E-state index in [1.165, 1.54) is 0 Å². The van der Waals surface area contributed by atoms with Crippen LogP contribution < -0.4 is 15.6 Å². The lowest BCUT2D eigenvalue weighted by molar-refractivity contribution is -0.115. The molecule has 3 aromatic rings. The van der Waals surface area contributed by atoms with Gasteiger partial charge in [0.2, 0.25) is 0 Å². The minimum absolute atomic E-state index is 0.0738. The maximum atomic E-state index is 12.4. The smallest absolute Gasteiger partial charge is 0.290 e. The molecular formula is C21H17N3O4S. The summed E-state index contributed by atoms with van der Waals surface area (Å²) in [6.45, 7) is 0.367. The van der Waals surface area contributed by atoms with Gasteiger partial charge < -0.3 is 4.74 Å². The lowest BCUT2D eigenvalue weighted by Gasteiger charge is -2.10. The number of ether oxygens (including phenoxy) is 1. The highest BCUT2D eigenvalue weighted by Gasteiger charge is 2.24. The molecule has 146 valence electrons. The van der Waals surface area contributed by atoms with Crippen LogP contribution in [0.25, 0.3) is 17.0 Å². The van der Waals surface area contributed by atoms with Crippen LogP contribution in [0.5, 0.6) is 5.75 Å². The number of amides is 2. The molecule has 0 spiro atoms. The zero-order valence-electron chi connectivity index (χ0n) is 15.5. The number of hydrogen-bond donors (Lipinski definition) is 1. The number of rotatable bonds is 5. The highest BCUT2D eigenvalue weighted by Crippen LogP contribution is 2.26. The van der Waals surface area contributed by atoms with Gasteiger partial charge in [0.25, 0.3) is 16.7 Å². The van der Waals surface area contributed by atoms with Crippen LogP contribution in [-0.4, -0.2) is 27.3 Å². The Kier molecular flexibility index (Phi) is 5.18. The van der Waals surface area contributed by atoms with Crippen molar-refractivity contribution in [1.82, 2.24) is 14.9 Å². The first-order valence-electron chi connectivity index (χ1n) is 8.93. The zero-order valence-corrected chi connectivity index (χ0v) is 16.4. The number of imide groups is 1. The summed E-state index contributed by atoms with van der Waals surface area (Å²) in [5, 5.41) is 2.46. The molecule has 2 amide bonds. The molecule has 1 aromatic heterocycles. The third-order valence-electron chi connectivity index (χ3n) is 4.49. The molecule has 1 aliphatic rings. The Morgan fingerprint density at radius 3 is 2.59 bits per heavy atom. The molecule has 8 heteroatoms. The lowest BCUT2D eigenvalue weighted by Crippen LogP contribution is -2.23. The average Bonchev–Trinajstić information content (AvgIpc) is 3.03. The number of hydrogen-bond acceptors (Lipinski definition) is 6. The van der Waals surface area contributed by atoms with E-state index in [1.807, 2.05) is 30.3 Å². The van der Waals surface area contributed by atoms with Gasteiger partial charge in [0, 0.05) is 13.5 Å². The van der Waals surface area contributed by atoms with Crippen molar-refractivity contribution in [3.05, 3.63) is 75.2 Å². The van der Waals surface area contributed by atoms with Crippen LogP contribution in [0.15, 0.2) is 58.2 Å². The Hall–Kier alpha value is -3.39. The molecule has 0 atom stereocenters. The molecule has 0 saturated carbocycles. The van der Waals surface area contributed by atoms with E-state index < -0.39 is 0 Å². The number of carbonyl (C=O) groups is 2. The van der Waals surface area contributed by atoms with Crippen LogP contribution in [0.4, 0.5) is 4.79 Å². The van der Waals surface area contributed by atoms with Crippen LogP contribution in [0.1, 0.15) is 11.4 Å². The third-order valence-corrected chi connectivity index (χ3v) is 5.30. The van der Waals surface area contributed by atoms with Crippen molar-refractivity contribution < 1.29 is 14.3 Å². The Morgan fingerprint density at radius 2 is 1.86 bits per heavy atom. The van der Waals surface area contributed by atoms with Crippen LogP contribution in [0.3, 0.4) is 0 Å². The highest BCUT2D eigenvalue weighted by atomic mass is 32.2. The largest absolute Gasteiger partial charge is 0.493 e. The molecule has 0 unspecified atom stereocenters. The second-order valence-corrected chi connectivity index (χ2v) is 7.44. The van der Waals surface area contributed by atoms with Gasteiger partial charge >= 0.3 is 0 Å². The van der Waals surface area contributed by atoms with Gasteiger partial charge in [0.1, 0.15) is 11.6 Å². The van der Waals surface area contributed by atoms with Gasteiger partial charge in [-0.05, 0) is 47.7 Å². The van der Waals surface area contributed by atoms with Gasteiger partial charge in [0.15, 0.2) is 0 Å². The normalized spacial score (nSPS) is 15.1. The number of fused-ring (bicyclic) bond motifs is 1. The number of aromatic nitrogens is 2. The monoisotopic (exact) mass is 407 g/mol. The SMILES string of the molecule is Cn1c(CCOc2ccc(C=C3SC(=O)NC3=O)cc2)nc2ccccc2c1=O. The Bertz CT molecular complexity index is 1200. The summed E-state index contributed by atoms with van der Waals surface area (Å²) >= 11 is 0.883. The summed E-state index contributed by atoms with van der Waals surface area (Å²) in [5.74, 6) is 0.940. The zero-order chi connectivity index (χ0) is 20.4. The van der Waals surface area contributed by atoms with Crippen LogP contribution in [0, 0.1) is 0 Å². The lowest BCUT2D eigenvalue weighted by atomic mass is 10.2.